The van der Waals surface area contributed by atoms with Crippen LogP contribution in [-0.4, -0.2) is 16.1 Å². The number of nitrogens with zero attached hydrogens (tertiary/aromatic N) is 2. The van der Waals surface area contributed by atoms with Gasteiger partial charge in [-0.05, 0) is 36.6 Å². The first-order valence-corrected chi connectivity index (χ1v) is 5.98. The number of hydrogen-bond donors (Lipinski definition) is 2. The molecular weight excluding hydrogens is 212 g/mol. The fourth-order valence-corrected chi connectivity index (χ4v) is 2.05. The summed E-state index contributed by atoms with van der Waals surface area (Å²) in [4.78, 5) is 4.34. The summed E-state index contributed by atoms with van der Waals surface area (Å²) < 4.78 is 2.01. The Morgan fingerprint density at radius 1 is 1.41 bits per heavy atom. The highest BCUT2D eigenvalue weighted by Crippen LogP contribution is 2.22. The Balaban J connectivity index is 2.24. The summed E-state index contributed by atoms with van der Waals surface area (Å²) >= 11 is 0. The molecule has 2 unspecified atom stereocenters. The molecule has 4 heteroatoms. The lowest BCUT2D eigenvalue weighted by molar-refractivity contribution is 0.482. The summed E-state index contributed by atoms with van der Waals surface area (Å²) in [6, 6.07) is 6.27. The zero-order valence-electron chi connectivity index (χ0n) is 10.4. The van der Waals surface area contributed by atoms with Crippen LogP contribution in [0.2, 0.25) is 0 Å². The zero-order chi connectivity index (χ0) is 12.4. The van der Waals surface area contributed by atoms with Crippen molar-refractivity contribution in [3.8, 4) is 0 Å². The Kier molecular flexibility index (Phi) is 3.45. The lowest BCUT2D eigenvalue weighted by Crippen LogP contribution is -2.19. The molecule has 0 aliphatic rings. The third-order valence-corrected chi connectivity index (χ3v) is 3.24. The Bertz CT molecular complexity index is 503. The van der Waals surface area contributed by atoms with Gasteiger partial charge in [0.05, 0.1) is 17.4 Å². The molecule has 0 saturated carbocycles. The van der Waals surface area contributed by atoms with E-state index in [1.54, 1.807) is 0 Å². The molecule has 4 nitrogen and oxygen atoms in total. The lowest BCUT2D eigenvalue weighted by atomic mass is 9.96. The summed E-state index contributed by atoms with van der Waals surface area (Å²) in [5.41, 5.74) is 15.1. The SMILES string of the molecule is CC(CN)CC(N)c1ccc2c(c1)ncn2C. The average Bonchev–Trinajstić information content (AvgIpc) is 2.70. The van der Waals surface area contributed by atoms with E-state index >= 15 is 0 Å². The normalized spacial score (nSPS) is 15.1. The molecule has 0 fully saturated rings. The van der Waals surface area contributed by atoms with Crippen LogP contribution in [0.4, 0.5) is 0 Å². The Morgan fingerprint density at radius 2 is 2.18 bits per heavy atom. The van der Waals surface area contributed by atoms with Crippen LogP contribution in [-0.2, 0) is 7.05 Å². The summed E-state index contributed by atoms with van der Waals surface area (Å²) in [5, 5.41) is 0. The lowest BCUT2D eigenvalue weighted by Gasteiger charge is -2.16. The van der Waals surface area contributed by atoms with Crippen molar-refractivity contribution >= 4 is 11.0 Å². The van der Waals surface area contributed by atoms with Gasteiger partial charge >= 0.3 is 0 Å². The average molecular weight is 232 g/mol. The molecule has 1 heterocycles. The first-order chi connectivity index (χ1) is 8.11. The molecular formula is C13H20N4. The van der Waals surface area contributed by atoms with E-state index < -0.39 is 0 Å². The van der Waals surface area contributed by atoms with E-state index in [2.05, 4.69) is 30.1 Å². The van der Waals surface area contributed by atoms with Crippen LogP contribution in [0.15, 0.2) is 24.5 Å². The van der Waals surface area contributed by atoms with Crippen molar-refractivity contribution in [1.82, 2.24) is 9.55 Å². The van der Waals surface area contributed by atoms with Crippen LogP contribution >= 0.6 is 0 Å². The molecule has 2 aromatic rings. The van der Waals surface area contributed by atoms with Crippen molar-refractivity contribution in [3.63, 3.8) is 0 Å². The van der Waals surface area contributed by atoms with Crippen molar-refractivity contribution in [2.45, 2.75) is 19.4 Å². The summed E-state index contributed by atoms with van der Waals surface area (Å²) in [6.45, 7) is 2.80. The largest absolute Gasteiger partial charge is 0.334 e. The number of aryl methyl sites for hydroxylation is 1. The maximum absolute atomic E-state index is 6.18. The Morgan fingerprint density at radius 3 is 2.88 bits per heavy atom. The molecule has 0 bridgehead atoms. The van der Waals surface area contributed by atoms with Gasteiger partial charge < -0.3 is 16.0 Å². The minimum absolute atomic E-state index is 0.0416. The molecule has 0 saturated heterocycles. The fourth-order valence-electron chi connectivity index (χ4n) is 2.05. The van der Waals surface area contributed by atoms with Crippen LogP contribution in [0, 0.1) is 5.92 Å². The first-order valence-electron chi connectivity index (χ1n) is 5.98. The van der Waals surface area contributed by atoms with Gasteiger partial charge in [0, 0.05) is 13.1 Å². The second-order valence-electron chi connectivity index (χ2n) is 4.79. The monoisotopic (exact) mass is 232 g/mol. The van der Waals surface area contributed by atoms with Crippen LogP contribution in [0.5, 0.6) is 0 Å². The Labute approximate surface area is 102 Å². The standard InChI is InChI=1S/C13H20N4/c1-9(7-14)5-11(15)10-3-4-13-12(6-10)16-8-17(13)2/h3-4,6,8-9,11H,5,7,14-15H2,1-2H3. The summed E-state index contributed by atoms with van der Waals surface area (Å²) in [6.07, 6.45) is 2.73. The quantitative estimate of drug-likeness (QED) is 0.840. The Hall–Kier alpha value is -1.39. The van der Waals surface area contributed by atoms with E-state index in [-0.39, 0.29) is 6.04 Å². The maximum Gasteiger partial charge on any atom is 0.0955 e. The second kappa shape index (κ2) is 4.85. The van der Waals surface area contributed by atoms with Crippen LogP contribution < -0.4 is 11.5 Å². The minimum atomic E-state index is 0.0416. The highest BCUT2D eigenvalue weighted by Gasteiger charge is 2.11. The molecule has 0 aliphatic heterocycles. The number of imidazole rings is 1. The second-order valence-corrected chi connectivity index (χ2v) is 4.79. The minimum Gasteiger partial charge on any atom is -0.334 e. The summed E-state index contributed by atoms with van der Waals surface area (Å²) in [7, 11) is 1.99. The highest BCUT2D eigenvalue weighted by molar-refractivity contribution is 5.76. The number of fused-ring (bicyclic) bond motifs is 1. The fraction of sp³-hybridized carbons (Fsp3) is 0.462. The van der Waals surface area contributed by atoms with Crippen molar-refractivity contribution < 1.29 is 0 Å². The van der Waals surface area contributed by atoms with Crippen LogP contribution in [0.1, 0.15) is 24.9 Å². The number of benzene rings is 1. The molecule has 0 radical (unpaired) electrons. The van der Waals surface area contributed by atoms with Gasteiger partial charge in [0.2, 0.25) is 0 Å². The molecule has 2 rings (SSSR count). The van der Waals surface area contributed by atoms with Gasteiger partial charge in [0.25, 0.3) is 0 Å². The van der Waals surface area contributed by atoms with E-state index in [1.165, 1.54) is 0 Å². The highest BCUT2D eigenvalue weighted by atomic mass is 15.0. The predicted octanol–water partition coefficient (Wildman–Crippen LogP) is 1.56. The third kappa shape index (κ3) is 2.48. The van der Waals surface area contributed by atoms with Gasteiger partial charge in [-0.2, -0.15) is 0 Å². The predicted molar refractivity (Wildman–Crippen MR) is 70.5 cm³/mol. The van der Waals surface area contributed by atoms with Gasteiger partial charge in [0.15, 0.2) is 0 Å². The molecule has 1 aromatic heterocycles. The third-order valence-electron chi connectivity index (χ3n) is 3.24. The van der Waals surface area contributed by atoms with Crippen molar-refractivity contribution in [3.05, 3.63) is 30.1 Å². The number of rotatable bonds is 4. The molecule has 2 atom stereocenters. The maximum atomic E-state index is 6.18. The number of aromatic nitrogens is 2. The smallest absolute Gasteiger partial charge is 0.0955 e. The molecule has 1 aromatic carbocycles. The molecule has 0 aliphatic carbocycles. The number of nitrogens with two attached hydrogens (primary N) is 2. The van der Waals surface area contributed by atoms with Gasteiger partial charge in [-0.15, -0.1) is 0 Å². The van der Waals surface area contributed by atoms with Crippen LogP contribution in [0.3, 0.4) is 0 Å². The zero-order valence-corrected chi connectivity index (χ0v) is 10.4. The van der Waals surface area contributed by atoms with Crippen molar-refractivity contribution in [1.29, 1.82) is 0 Å². The molecule has 0 amide bonds. The topological polar surface area (TPSA) is 69.9 Å². The summed E-state index contributed by atoms with van der Waals surface area (Å²) in [5.74, 6) is 0.449. The first kappa shape index (κ1) is 12.1. The molecule has 4 N–H and O–H groups in total. The van der Waals surface area contributed by atoms with Crippen molar-refractivity contribution in [2.75, 3.05) is 6.54 Å². The number of hydrogen-bond acceptors (Lipinski definition) is 3. The van der Waals surface area contributed by atoms with Crippen molar-refractivity contribution in [2.24, 2.45) is 24.4 Å². The van der Waals surface area contributed by atoms with Gasteiger partial charge in [-0.1, -0.05) is 13.0 Å². The van der Waals surface area contributed by atoms with Gasteiger partial charge in [-0.3, -0.25) is 0 Å². The van der Waals surface area contributed by atoms with E-state index in [0.29, 0.717) is 12.5 Å². The van der Waals surface area contributed by atoms with E-state index in [0.717, 1.165) is 23.0 Å². The van der Waals surface area contributed by atoms with Gasteiger partial charge in [-0.25, -0.2) is 4.98 Å². The van der Waals surface area contributed by atoms with E-state index in [4.69, 9.17) is 11.5 Å². The van der Waals surface area contributed by atoms with Crippen LogP contribution in [0.25, 0.3) is 11.0 Å². The molecule has 0 spiro atoms. The van der Waals surface area contributed by atoms with E-state index in [9.17, 15) is 0 Å². The molecule has 92 valence electrons. The van der Waals surface area contributed by atoms with E-state index in [1.807, 2.05) is 17.9 Å². The van der Waals surface area contributed by atoms with Gasteiger partial charge in [0.1, 0.15) is 0 Å². The molecule has 17 heavy (non-hydrogen) atoms.